The predicted molar refractivity (Wildman–Crippen MR) is 49.5 cm³/mol. The van der Waals surface area contributed by atoms with Gasteiger partial charge in [-0.25, -0.2) is 4.79 Å². The van der Waals surface area contributed by atoms with Crippen molar-refractivity contribution in [3.63, 3.8) is 0 Å². The van der Waals surface area contributed by atoms with E-state index < -0.39 is 17.5 Å². The fourth-order valence-corrected chi connectivity index (χ4v) is 1.96. The number of hydrogen-bond donors (Lipinski definition) is 1. The van der Waals surface area contributed by atoms with Crippen molar-refractivity contribution in [2.45, 2.75) is 44.6 Å². The molecule has 0 saturated heterocycles. The van der Waals surface area contributed by atoms with Crippen LogP contribution in [0.4, 0.5) is 8.78 Å². The quantitative estimate of drug-likeness (QED) is 0.740. The summed E-state index contributed by atoms with van der Waals surface area (Å²) in [4.78, 5) is 11.0. The Morgan fingerprint density at radius 2 is 2.27 bits per heavy atom. The molecule has 0 radical (unpaired) electrons. The molecule has 1 rings (SSSR count). The predicted octanol–water partition coefficient (Wildman–Crippen LogP) is 1.74. The SMILES string of the molecule is CCOC(=O)C(F)(F)C1(O)CCC(C)C1. The molecule has 0 amide bonds. The van der Waals surface area contributed by atoms with E-state index in [0.29, 0.717) is 6.42 Å². The van der Waals surface area contributed by atoms with Gasteiger partial charge in [0.2, 0.25) is 0 Å². The molecule has 0 bridgehead atoms. The van der Waals surface area contributed by atoms with Crippen LogP contribution in [0.1, 0.15) is 33.1 Å². The van der Waals surface area contributed by atoms with E-state index in [9.17, 15) is 18.7 Å². The normalized spacial score (nSPS) is 31.7. The highest BCUT2D eigenvalue weighted by Gasteiger charge is 2.61. The van der Waals surface area contributed by atoms with Gasteiger partial charge in [0.1, 0.15) is 5.60 Å². The average molecular weight is 222 g/mol. The summed E-state index contributed by atoms with van der Waals surface area (Å²) in [6, 6.07) is 0. The van der Waals surface area contributed by atoms with Gasteiger partial charge in [-0.05, 0) is 32.1 Å². The van der Waals surface area contributed by atoms with Gasteiger partial charge >= 0.3 is 11.9 Å². The van der Waals surface area contributed by atoms with Crippen molar-refractivity contribution < 1.29 is 23.4 Å². The van der Waals surface area contributed by atoms with E-state index in [0.717, 1.165) is 0 Å². The average Bonchev–Trinajstić information content (AvgIpc) is 2.48. The summed E-state index contributed by atoms with van der Waals surface area (Å²) in [6.45, 7) is 3.12. The highest BCUT2D eigenvalue weighted by atomic mass is 19.3. The lowest BCUT2D eigenvalue weighted by Crippen LogP contribution is -2.52. The second-order valence-corrected chi connectivity index (χ2v) is 4.17. The third-order valence-corrected chi connectivity index (χ3v) is 2.85. The molecule has 88 valence electrons. The lowest BCUT2D eigenvalue weighted by Gasteiger charge is -2.30. The van der Waals surface area contributed by atoms with Crippen molar-refractivity contribution in [3.05, 3.63) is 0 Å². The number of rotatable bonds is 3. The molecule has 0 spiro atoms. The van der Waals surface area contributed by atoms with Crippen molar-refractivity contribution in [3.8, 4) is 0 Å². The topological polar surface area (TPSA) is 46.5 Å². The molecule has 2 atom stereocenters. The Hall–Kier alpha value is -0.710. The summed E-state index contributed by atoms with van der Waals surface area (Å²) < 4.78 is 31.4. The molecule has 1 aliphatic carbocycles. The summed E-state index contributed by atoms with van der Waals surface area (Å²) in [5, 5.41) is 9.74. The second-order valence-electron chi connectivity index (χ2n) is 4.17. The fraction of sp³-hybridized carbons (Fsp3) is 0.900. The Labute approximate surface area is 87.4 Å². The molecule has 0 aromatic carbocycles. The van der Waals surface area contributed by atoms with Crippen LogP contribution in [0.15, 0.2) is 0 Å². The molecule has 15 heavy (non-hydrogen) atoms. The van der Waals surface area contributed by atoms with Crippen molar-refractivity contribution in [2.24, 2.45) is 5.92 Å². The Kier molecular flexibility index (Phi) is 3.33. The molecule has 1 N–H and O–H groups in total. The van der Waals surface area contributed by atoms with E-state index >= 15 is 0 Å². The van der Waals surface area contributed by atoms with E-state index in [-0.39, 0.29) is 25.4 Å². The number of aliphatic hydroxyl groups is 1. The Balaban J connectivity index is 2.80. The lowest BCUT2D eigenvalue weighted by atomic mass is 9.92. The van der Waals surface area contributed by atoms with Crippen LogP contribution >= 0.6 is 0 Å². The first-order valence-corrected chi connectivity index (χ1v) is 5.11. The van der Waals surface area contributed by atoms with Crippen LogP contribution in [0, 0.1) is 5.92 Å². The van der Waals surface area contributed by atoms with Gasteiger partial charge in [0.05, 0.1) is 6.61 Å². The maximum absolute atomic E-state index is 13.5. The molecule has 1 saturated carbocycles. The second kappa shape index (κ2) is 4.04. The van der Waals surface area contributed by atoms with Crippen LogP contribution in [0.3, 0.4) is 0 Å². The number of alkyl halides is 2. The molecule has 5 heteroatoms. The molecule has 1 fully saturated rings. The third-order valence-electron chi connectivity index (χ3n) is 2.85. The smallest absolute Gasteiger partial charge is 0.380 e. The zero-order valence-electron chi connectivity index (χ0n) is 8.93. The zero-order chi connectivity index (χ0) is 11.7. The highest BCUT2D eigenvalue weighted by Crippen LogP contribution is 2.44. The van der Waals surface area contributed by atoms with Gasteiger partial charge in [-0.1, -0.05) is 6.92 Å². The summed E-state index contributed by atoms with van der Waals surface area (Å²) in [5.41, 5.74) is -2.22. The zero-order valence-corrected chi connectivity index (χ0v) is 8.93. The van der Waals surface area contributed by atoms with E-state index in [1.165, 1.54) is 6.92 Å². The van der Waals surface area contributed by atoms with E-state index in [1.807, 2.05) is 0 Å². The monoisotopic (exact) mass is 222 g/mol. The van der Waals surface area contributed by atoms with Gasteiger partial charge < -0.3 is 9.84 Å². The first-order chi connectivity index (χ1) is 6.83. The van der Waals surface area contributed by atoms with Crippen LogP contribution in [0.25, 0.3) is 0 Å². The number of carbonyl (C=O) groups is 1. The van der Waals surface area contributed by atoms with E-state index in [1.54, 1.807) is 6.92 Å². The van der Waals surface area contributed by atoms with Crippen molar-refractivity contribution in [1.29, 1.82) is 0 Å². The standard InChI is InChI=1S/C10H16F2O3/c1-3-15-8(13)10(11,12)9(14)5-4-7(2)6-9/h7,14H,3-6H2,1-2H3. The van der Waals surface area contributed by atoms with Gasteiger partial charge in [-0.3, -0.25) is 0 Å². The summed E-state index contributed by atoms with van der Waals surface area (Å²) in [5.74, 6) is -5.41. The highest BCUT2D eigenvalue weighted by molar-refractivity contribution is 5.79. The van der Waals surface area contributed by atoms with Gasteiger partial charge in [0, 0.05) is 0 Å². The van der Waals surface area contributed by atoms with Gasteiger partial charge in [-0.2, -0.15) is 8.78 Å². The molecule has 0 aliphatic heterocycles. The number of hydrogen-bond acceptors (Lipinski definition) is 3. The van der Waals surface area contributed by atoms with Crippen molar-refractivity contribution in [1.82, 2.24) is 0 Å². The largest absolute Gasteiger partial charge is 0.461 e. The lowest BCUT2D eigenvalue weighted by molar-refractivity contribution is -0.212. The van der Waals surface area contributed by atoms with Gasteiger partial charge in [0.25, 0.3) is 0 Å². The Morgan fingerprint density at radius 1 is 1.67 bits per heavy atom. The molecule has 0 aromatic heterocycles. The van der Waals surface area contributed by atoms with Gasteiger partial charge in [-0.15, -0.1) is 0 Å². The fourth-order valence-electron chi connectivity index (χ4n) is 1.96. The molecule has 0 heterocycles. The van der Waals surface area contributed by atoms with Crippen LogP contribution in [-0.2, 0) is 9.53 Å². The maximum Gasteiger partial charge on any atom is 0.380 e. The summed E-state index contributed by atoms with van der Waals surface area (Å²) in [6.07, 6.45) is 0.393. The number of ether oxygens (including phenoxy) is 1. The minimum atomic E-state index is -3.80. The Bertz CT molecular complexity index is 255. The van der Waals surface area contributed by atoms with E-state index in [4.69, 9.17) is 0 Å². The molecule has 1 aliphatic rings. The molecular formula is C10H16F2O3. The van der Waals surface area contributed by atoms with E-state index in [2.05, 4.69) is 4.74 Å². The van der Waals surface area contributed by atoms with Crippen molar-refractivity contribution in [2.75, 3.05) is 6.61 Å². The minimum Gasteiger partial charge on any atom is -0.461 e. The van der Waals surface area contributed by atoms with Crippen LogP contribution < -0.4 is 0 Å². The van der Waals surface area contributed by atoms with Gasteiger partial charge in [0.15, 0.2) is 0 Å². The van der Waals surface area contributed by atoms with Crippen LogP contribution in [-0.4, -0.2) is 29.2 Å². The Morgan fingerprint density at radius 3 is 2.67 bits per heavy atom. The number of halogens is 2. The summed E-state index contributed by atoms with van der Waals surface area (Å²) in [7, 11) is 0. The molecule has 3 nitrogen and oxygen atoms in total. The minimum absolute atomic E-state index is 0.00954. The summed E-state index contributed by atoms with van der Waals surface area (Å²) >= 11 is 0. The van der Waals surface area contributed by atoms with Crippen molar-refractivity contribution >= 4 is 5.97 Å². The number of esters is 1. The molecule has 0 aromatic rings. The molecular weight excluding hydrogens is 206 g/mol. The third kappa shape index (κ3) is 2.12. The number of carbonyl (C=O) groups excluding carboxylic acids is 1. The maximum atomic E-state index is 13.5. The first-order valence-electron chi connectivity index (χ1n) is 5.11. The molecule has 2 unspecified atom stereocenters. The van der Waals surface area contributed by atoms with Crippen LogP contribution in [0.5, 0.6) is 0 Å². The van der Waals surface area contributed by atoms with Crippen LogP contribution in [0.2, 0.25) is 0 Å². The first kappa shape index (κ1) is 12.4.